The first-order valence-corrected chi connectivity index (χ1v) is 24.2. The van der Waals surface area contributed by atoms with Crippen LogP contribution in [-0.4, -0.2) is 13.1 Å². The molecule has 0 atom stereocenters. The Bertz CT molecular complexity index is 21.4. The topological polar surface area (TPSA) is 0 Å². The van der Waals surface area contributed by atoms with E-state index in [0.29, 0.717) is 0 Å². The zero-order valence-electron chi connectivity index (χ0n) is 4.42. The minimum atomic E-state index is -1.20. The molecule has 0 spiro atoms. The normalized spacial score (nSPS) is 7.71. The average Bonchev–Trinajstić information content (AvgIpc) is 1.33. The Hall–Kier alpha value is 2.24. The van der Waals surface area contributed by atoms with Crippen molar-refractivity contribution < 1.29 is 0 Å². The van der Waals surface area contributed by atoms with Crippen molar-refractivity contribution in [1.29, 1.82) is 0 Å². The maximum atomic E-state index is 3.31. The molecule has 0 saturated carbocycles. The Kier molecular flexibility index (Phi) is 19.0. The zero-order chi connectivity index (χ0) is 6.28. The first-order chi connectivity index (χ1) is 3.15. The Morgan fingerprint density at radius 2 is 1.14 bits per heavy atom. The molecule has 0 heterocycles. The maximum absolute atomic E-state index is 3.31. The van der Waals surface area contributed by atoms with Crippen molar-refractivity contribution in [1.82, 2.24) is 0 Å². The van der Waals surface area contributed by atoms with Crippen molar-refractivity contribution >= 4 is 51.2 Å². The van der Waals surface area contributed by atoms with E-state index in [1.165, 1.54) is 6.42 Å². The Morgan fingerprint density at radius 1 is 1.14 bits per heavy atom. The molecular weight excluding hydrogens is 394 g/mol. The molecule has 0 bridgehead atoms. The molecule has 0 aromatic rings. The molecule has 0 unspecified atom stereocenters. The fraction of sp³-hybridized carbons (Fsp3) is 1.00. The molecule has 4 heteroatoms. The van der Waals surface area contributed by atoms with Crippen LogP contribution >= 0.6 is 38.1 Å². The first kappa shape index (κ1) is 12.0. The van der Waals surface area contributed by atoms with Gasteiger partial charge in [0.2, 0.25) is 0 Å². The Labute approximate surface area is 70.4 Å². The first-order valence-electron chi connectivity index (χ1n) is 2.07. The molecule has 46 valence electrons. The van der Waals surface area contributed by atoms with Gasteiger partial charge in [-0.1, -0.05) is 20.3 Å². The van der Waals surface area contributed by atoms with Gasteiger partial charge in [-0.2, -0.15) is 0 Å². The van der Waals surface area contributed by atoms with Gasteiger partial charge in [0, 0.05) is 0 Å². The van der Waals surface area contributed by atoms with Gasteiger partial charge in [-0.25, -0.2) is 0 Å². The van der Waals surface area contributed by atoms with Crippen LogP contribution in [0.2, 0.25) is 0 Å². The molecule has 0 aromatic carbocycles. The molecule has 0 fully saturated rings. The SMILES string of the molecule is CCC.[Br][SnH]([Br])[Br]. The summed E-state index contributed by atoms with van der Waals surface area (Å²) in [7, 11) is 0. The van der Waals surface area contributed by atoms with Crippen molar-refractivity contribution in [3.8, 4) is 0 Å². The van der Waals surface area contributed by atoms with Crippen molar-refractivity contribution in [2.45, 2.75) is 20.3 Å². The second-order valence-corrected chi connectivity index (χ2v) is 45.5. The predicted octanol–water partition coefficient (Wildman–Crippen LogP) is 3.30. The predicted molar refractivity (Wildman–Crippen MR) is 49.9 cm³/mol. The summed E-state index contributed by atoms with van der Waals surface area (Å²) in [6, 6.07) is 0. The van der Waals surface area contributed by atoms with Crippen molar-refractivity contribution in [2.75, 3.05) is 0 Å². The van der Waals surface area contributed by atoms with Gasteiger partial charge in [0.05, 0.1) is 0 Å². The van der Waals surface area contributed by atoms with Crippen LogP contribution in [0.25, 0.3) is 0 Å². The van der Waals surface area contributed by atoms with Gasteiger partial charge in [-0.05, 0) is 0 Å². The van der Waals surface area contributed by atoms with Gasteiger partial charge in [0.15, 0.2) is 0 Å². The second-order valence-electron chi connectivity index (χ2n) is 0.955. The van der Waals surface area contributed by atoms with Crippen LogP contribution in [-0.2, 0) is 0 Å². The van der Waals surface area contributed by atoms with E-state index >= 15 is 0 Å². The van der Waals surface area contributed by atoms with Crippen molar-refractivity contribution in [3.63, 3.8) is 0 Å². The van der Waals surface area contributed by atoms with Crippen molar-refractivity contribution in [3.05, 3.63) is 0 Å². The standard InChI is InChI=1S/C3H8.3BrH.Sn.H/c1-3-2;;;;;/h3H2,1-2H3;3*1H;;/q;;;;+3;/p-3. The Morgan fingerprint density at radius 3 is 1.14 bits per heavy atom. The number of halogens is 3. The fourth-order valence-corrected chi connectivity index (χ4v) is 0. The summed E-state index contributed by atoms with van der Waals surface area (Å²) in [5.74, 6) is 0. The number of hydrogen-bond acceptors (Lipinski definition) is 0. The van der Waals surface area contributed by atoms with E-state index in [1.807, 2.05) is 0 Å². The monoisotopic (exact) mass is 402 g/mol. The molecule has 0 N–H and O–H groups in total. The van der Waals surface area contributed by atoms with Crippen LogP contribution < -0.4 is 0 Å². The summed E-state index contributed by atoms with van der Waals surface area (Å²) in [5, 5.41) is 0. The van der Waals surface area contributed by atoms with E-state index in [1.54, 1.807) is 0 Å². The van der Waals surface area contributed by atoms with E-state index in [-0.39, 0.29) is 0 Å². The van der Waals surface area contributed by atoms with Gasteiger partial charge in [-0.15, -0.1) is 0 Å². The molecule has 0 nitrogen and oxygen atoms in total. The summed E-state index contributed by atoms with van der Waals surface area (Å²) >= 11 is 8.74. The molecule has 0 aliphatic carbocycles. The number of rotatable bonds is 0. The van der Waals surface area contributed by atoms with E-state index < -0.39 is 13.1 Å². The zero-order valence-corrected chi connectivity index (χ0v) is 12.5. The van der Waals surface area contributed by atoms with E-state index in [2.05, 4.69) is 52.0 Å². The number of hydrogen-bond donors (Lipinski definition) is 0. The molecule has 0 radical (unpaired) electrons. The molecule has 0 aliphatic heterocycles. The summed E-state index contributed by atoms with van der Waals surface area (Å²) < 4.78 is 0. The Balaban J connectivity index is 0. The van der Waals surface area contributed by atoms with E-state index in [4.69, 9.17) is 0 Å². The van der Waals surface area contributed by atoms with Gasteiger partial charge in [-0.3, -0.25) is 0 Å². The summed E-state index contributed by atoms with van der Waals surface area (Å²) in [6.45, 7) is 4.25. The second kappa shape index (κ2) is 11.1. The summed E-state index contributed by atoms with van der Waals surface area (Å²) in [4.78, 5) is 0. The van der Waals surface area contributed by atoms with Crippen LogP contribution in [0.15, 0.2) is 0 Å². The third kappa shape index (κ3) is 64.0. The summed E-state index contributed by atoms with van der Waals surface area (Å²) in [5.41, 5.74) is 0. The molecular formula is C3H9Br3Sn. The van der Waals surface area contributed by atoms with Crippen LogP contribution in [0.5, 0.6) is 0 Å². The average molecular weight is 404 g/mol. The molecule has 0 amide bonds. The van der Waals surface area contributed by atoms with E-state index in [0.717, 1.165) is 0 Å². The van der Waals surface area contributed by atoms with Crippen LogP contribution in [0.4, 0.5) is 0 Å². The minimum absolute atomic E-state index is 1.20. The van der Waals surface area contributed by atoms with Gasteiger partial charge in [0.1, 0.15) is 0 Å². The third-order valence-corrected chi connectivity index (χ3v) is 0. The fourth-order valence-electron chi connectivity index (χ4n) is 0. The van der Waals surface area contributed by atoms with Crippen LogP contribution in [0.3, 0.4) is 0 Å². The van der Waals surface area contributed by atoms with Crippen LogP contribution in [0.1, 0.15) is 20.3 Å². The molecule has 0 aliphatic rings. The van der Waals surface area contributed by atoms with Crippen LogP contribution in [0, 0.1) is 0 Å². The van der Waals surface area contributed by atoms with E-state index in [9.17, 15) is 0 Å². The van der Waals surface area contributed by atoms with Gasteiger partial charge in [0.25, 0.3) is 0 Å². The molecule has 0 rings (SSSR count). The van der Waals surface area contributed by atoms with Gasteiger partial charge < -0.3 is 0 Å². The quantitative estimate of drug-likeness (QED) is 0.545. The summed E-state index contributed by atoms with van der Waals surface area (Å²) in [6.07, 6.45) is 1.25. The van der Waals surface area contributed by atoms with Crippen molar-refractivity contribution in [2.24, 2.45) is 0 Å². The van der Waals surface area contributed by atoms with Gasteiger partial charge >= 0.3 is 51.2 Å². The molecule has 0 saturated heterocycles. The molecule has 0 aromatic heterocycles. The third-order valence-electron chi connectivity index (χ3n) is 0. The molecule has 7 heavy (non-hydrogen) atoms.